The van der Waals surface area contributed by atoms with E-state index in [1.54, 1.807) is 18.3 Å². The molecule has 1 unspecified atom stereocenters. The molecule has 0 saturated carbocycles. The second-order valence-corrected chi connectivity index (χ2v) is 7.50. The smallest absolute Gasteiger partial charge is 0.391 e. The lowest BCUT2D eigenvalue weighted by molar-refractivity contribution is -0.151. The number of aryl methyl sites for hydroxylation is 1. The van der Waals surface area contributed by atoms with E-state index in [2.05, 4.69) is 10.1 Å². The average Bonchev–Trinajstić information content (AvgIpc) is 3.13. The molecule has 0 bridgehead atoms. The van der Waals surface area contributed by atoms with Crippen LogP contribution in [0.15, 0.2) is 41.5 Å². The molecule has 1 aromatic carbocycles. The van der Waals surface area contributed by atoms with E-state index in [9.17, 15) is 13.2 Å². The third-order valence-corrected chi connectivity index (χ3v) is 5.26. The number of halogens is 3. The normalized spacial score (nSPS) is 20.6. The summed E-state index contributed by atoms with van der Waals surface area (Å²) in [5.74, 6) is 1.17. The van der Waals surface area contributed by atoms with Crippen molar-refractivity contribution < 1.29 is 22.7 Å². The maximum absolute atomic E-state index is 12.9. The van der Waals surface area contributed by atoms with Crippen LogP contribution in [0, 0.1) is 6.92 Å². The molecule has 0 spiro atoms. The van der Waals surface area contributed by atoms with E-state index < -0.39 is 18.6 Å². The zero-order chi connectivity index (χ0) is 21.3. The summed E-state index contributed by atoms with van der Waals surface area (Å²) >= 11 is 0. The Labute approximate surface area is 172 Å². The standard InChI is InChI=1S/C21H23F3N4O2/c1-14-11-27(13-25-14)18-6-5-15(9-19(18)29-2)8-16-4-3-7-28-17(10-21(22,23)24)12-30-26-20(16)28/h5-6,8-9,11,13,17H,3-4,7,10,12H2,1-2H3/b16-8+. The Kier molecular flexibility index (Phi) is 5.44. The highest BCUT2D eigenvalue weighted by Gasteiger charge is 2.39. The van der Waals surface area contributed by atoms with Gasteiger partial charge in [0, 0.05) is 12.7 Å². The van der Waals surface area contributed by atoms with Gasteiger partial charge in [-0.05, 0) is 49.1 Å². The first kappa shape index (κ1) is 20.3. The Morgan fingerprint density at radius 1 is 1.33 bits per heavy atom. The number of fused-ring (bicyclic) bond motifs is 1. The van der Waals surface area contributed by atoms with Crippen molar-refractivity contribution in [3.8, 4) is 11.4 Å². The van der Waals surface area contributed by atoms with Gasteiger partial charge in [-0.15, -0.1) is 0 Å². The number of rotatable bonds is 4. The number of benzene rings is 1. The van der Waals surface area contributed by atoms with Crippen molar-refractivity contribution in [1.82, 2.24) is 14.5 Å². The lowest BCUT2D eigenvalue weighted by Gasteiger charge is -2.40. The molecule has 3 heterocycles. The minimum atomic E-state index is -4.24. The van der Waals surface area contributed by atoms with Crippen molar-refractivity contribution in [2.45, 2.75) is 38.4 Å². The van der Waals surface area contributed by atoms with Gasteiger partial charge in [-0.3, -0.25) is 0 Å². The maximum atomic E-state index is 12.9. The van der Waals surface area contributed by atoms with Crippen LogP contribution in [-0.2, 0) is 4.84 Å². The van der Waals surface area contributed by atoms with Crippen LogP contribution < -0.4 is 4.74 Å². The molecule has 2 aliphatic rings. The van der Waals surface area contributed by atoms with Gasteiger partial charge >= 0.3 is 6.18 Å². The van der Waals surface area contributed by atoms with Crippen LogP contribution in [0.3, 0.4) is 0 Å². The number of aromatic nitrogens is 2. The molecule has 6 nitrogen and oxygen atoms in total. The van der Waals surface area contributed by atoms with Crippen LogP contribution in [0.25, 0.3) is 11.8 Å². The first-order chi connectivity index (χ1) is 14.3. The molecular formula is C21H23F3N4O2. The Bertz CT molecular complexity index is 981. The minimum Gasteiger partial charge on any atom is -0.495 e. The average molecular weight is 420 g/mol. The van der Waals surface area contributed by atoms with E-state index in [1.165, 1.54) is 0 Å². The van der Waals surface area contributed by atoms with Crippen LogP contribution >= 0.6 is 0 Å². The molecule has 0 radical (unpaired) electrons. The van der Waals surface area contributed by atoms with Crippen LogP contribution in [0.5, 0.6) is 5.75 Å². The first-order valence-corrected chi connectivity index (χ1v) is 9.77. The van der Waals surface area contributed by atoms with Crippen molar-refractivity contribution in [3.05, 3.63) is 47.6 Å². The number of alkyl halides is 3. The third-order valence-electron chi connectivity index (χ3n) is 5.26. The monoisotopic (exact) mass is 420 g/mol. The Balaban J connectivity index is 1.62. The molecule has 160 valence electrons. The molecule has 1 aromatic heterocycles. The SMILES string of the molecule is COc1cc(/C=C2\CCCN3C2=NOCC3CC(F)(F)F)ccc1-n1cnc(C)c1. The minimum absolute atomic E-state index is 0.0524. The van der Waals surface area contributed by atoms with Crippen molar-refractivity contribution >= 4 is 11.9 Å². The number of methoxy groups -OCH3 is 1. The molecule has 0 aliphatic carbocycles. The fourth-order valence-electron chi connectivity index (χ4n) is 3.91. The van der Waals surface area contributed by atoms with Gasteiger partial charge in [0.25, 0.3) is 0 Å². The summed E-state index contributed by atoms with van der Waals surface area (Å²) in [6, 6.07) is 5.02. The number of ether oxygens (including phenoxy) is 1. The van der Waals surface area contributed by atoms with Gasteiger partial charge in [0.15, 0.2) is 5.84 Å². The summed E-state index contributed by atoms with van der Waals surface area (Å²) in [6.07, 6.45) is 1.91. The Hall–Kier alpha value is -2.97. The molecule has 4 rings (SSSR count). The van der Waals surface area contributed by atoms with E-state index in [-0.39, 0.29) is 6.61 Å². The van der Waals surface area contributed by atoms with Gasteiger partial charge in [-0.2, -0.15) is 13.2 Å². The van der Waals surface area contributed by atoms with Crippen molar-refractivity contribution in [1.29, 1.82) is 0 Å². The lowest BCUT2D eigenvalue weighted by Crippen LogP contribution is -2.50. The van der Waals surface area contributed by atoms with Crippen LogP contribution in [0.2, 0.25) is 0 Å². The molecule has 1 fully saturated rings. The summed E-state index contributed by atoms with van der Waals surface area (Å²) in [6.45, 7) is 2.40. The van der Waals surface area contributed by atoms with Crippen molar-refractivity contribution in [2.75, 3.05) is 20.3 Å². The van der Waals surface area contributed by atoms with E-state index in [0.29, 0.717) is 18.1 Å². The molecule has 9 heteroatoms. The summed E-state index contributed by atoms with van der Waals surface area (Å²) in [5, 5.41) is 4.08. The second kappa shape index (κ2) is 8.04. The number of hydrogen-bond donors (Lipinski definition) is 0. The summed E-state index contributed by atoms with van der Waals surface area (Å²) in [4.78, 5) is 11.1. The lowest BCUT2D eigenvalue weighted by atomic mass is 9.97. The van der Waals surface area contributed by atoms with Crippen molar-refractivity contribution in [3.63, 3.8) is 0 Å². The largest absolute Gasteiger partial charge is 0.495 e. The van der Waals surface area contributed by atoms with Gasteiger partial charge in [-0.25, -0.2) is 4.98 Å². The molecule has 0 amide bonds. The molecule has 2 aromatic rings. The van der Waals surface area contributed by atoms with Gasteiger partial charge in [0.2, 0.25) is 0 Å². The number of imidazole rings is 1. The van der Waals surface area contributed by atoms with Gasteiger partial charge in [0.05, 0.1) is 37.3 Å². The zero-order valence-electron chi connectivity index (χ0n) is 16.8. The molecular weight excluding hydrogens is 397 g/mol. The Morgan fingerprint density at radius 3 is 2.87 bits per heavy atom. The van der Waals surface area contributed by atoms with E-state index in [0.717, 1.165) is 35.4 Å². The summed E-state index contributed by atoms with van der Waals surface area (Å²) < 4.78 is 46.3. The predicted octanol–water partition coefficient (Wildman–Crippen LogP) is 4.33. The maximum Gasteiger partial charge on any atom is 0.391 e. The fraction of sp³-hybridized carbons (Fsp3) is 0.429. The molecule has 2 aliphatic heterocycles. The van der Waals surface area contributed by atoms with Gasteiger partial charge in [-0.1, -0.05) is 11.2 Å². The molecule has 1 saturated heterocycles. The summed E-state index contributed by atoms with van der Waals surface area (Å²) in [7, 11) is 1.60. The third kappa shape index (κ3) is 4.29. The van der Waals surface area contributed by atoms with Crippen LogP contribution in [-0.4, -0.2) is 52.8 Å². The number of nitrogens with zero attached hydrogens (tertiary/aromatic N) is 4. The van der Waals surface area contributed by atoms with Gasteiger partial charge in [0.1, 0.15) is 12.4 Å². The quantitative estimate of drug-likeness (QED) is 0.739. The van der Waals surface area contributed by atoms with Gasteiger partial charge < -0.3 is 19.0 Å². The number of hydrogen-bond acceptors (Lipinski definition) is 5. The van der Waals surface area contributed by atoms with E-state index >= 15 is 0 Å². The predicted molar refractivity (Wildman–Crippen MR) is 107 cm³/mol. The Morgan fingerprint density at radius 2 is 2.17 bits per heavy atom. The summed E-state index contributed by atoms with van der Waals surface area (Å²) in [5.41, 5.74) is 3.50. The molecule has 0 N–H and O–H groups in total. The van der Waals surface area contributed by atoms with E-state index in [1.807, 2.05) is 42.0 Å². The fourth-order valence-corrected chi connectivity index (χ4v) is 3.91. The highest BCUT2D eigenvalue weighted by molar-refractivity contribution is 6.02. The van der Waals surface area contributed by atoms with Crippen molar-refractivity contribution in [2.24, 2.45) is 5.16 Å². The highest BCUT2D eigenvalue weighted by Crippen LogP contribution is 2.32. The molecule has 30 heavy (non-hydrogen) atoms. The topological polar surface area (TPSA) is 51.9 Å². The van der Waals surface area contributed by atoms with E-state index in [4.69, 9.17) is 9.57 Å². The highest BCUT2D eigenvalue weighted by atomic mass is 19.4. The zero-order valence-corrected chi connectivity index (χ0v) is 16.8. The van der Waals surface area contributed by atoms with Crippen LogP contribution in [0.4, 0.5) is 13.2 Å². The second-order valence-electron chi connectivity index (χ2n) is 7.50. The number of piperidine rings is 1. The number of amidine groups is 1. The van der Waals surface area contributed by atoms with Crippen LogP contribution in [0.1, 0.15) is 30.5 Å². The number of oxime groups is 1. The first-order valence-electron chi connectivity index (χ1n) is 9.77. The molecule has 1 atom stereocenters.